The van der Waals surface area contributed by atoms with E-state index in [0.29, 0.717) is 12.6 Å². The van der Waals surface area contributed by atoms with Crippen molar-refractivity contribution in [2.45, 2.75) is 32.7 Å². The molecule has 1 aromatic rings. The zero-order valence-electron chi connectivity index (χ0n) is 12.9. The van der Waals surface area contributed by atoms with Gasteiger partial charge in [-0.1, -0.05) is 15.9 Å². The van der Waals surface area contributed by atoms with Crippen LogP contribution in [0.15, 0.2) is 28.7 Å². The van der Waals surface area contributed by atoms with E-state index in [2.05, 4.69) is 47.0 Å². The molecule has 4 heteroatoms. The van der Waals surface area contributed by atoms with Crippen LogP contribution in [0.5, 0.6) is 5.75 Å². The summed E-state index contributed by atoms with van der Waals surface area (Å²) in [5.41, 5.74) is 0. The molecule has 0 radical (unpaired) electrons. The van der Waals surface area contributed by atoms with E-state index in [1.807, 2.05) is 24.3 Å². The molecule has 0 aliphatic heterocycles. The molecule has 0 aliphatic rings. The largest absolute Gasteiger partial charge is 0.492 e. The van der Waals surface area contributed by atoms with Crippen molar-refractivity contribution in [3.8, 4) is 5.75 Å². The second-order valence-electron chi connectivity index (χ2n) is 5.33. The molecule has 0 amide bonds. The van der Waals surface area contributed by atoms with Gasteiger partial charge >= 0.3 is 0 Å². The minimum Gasteiger partial charge on any atom is -0.492 e. The first-order valence-corrected chi connectivity index (χ1v) is 8.18. The Morgan fingerprint density at radius 2 is 1.85 bits per heavy atom. The lowest BCUT2D eigenvalue weighted by molar-refractivity contribution is 0.267. The van der Waals surface area contributed by atoms with E-state index < -0.39 is 0 Å². The van der Waals surface area contributed by atoms with E-state index in [0.717, 1.165) is 23.3 Å². The normalized spacial score (nSPS) is 11.3. The van der Waals surface area contributed by atoms with Crippen molar-refractivity contribution in [2.24, 2.45) is 0 Å². The Kier molecular flexibility index (Phi) is 8.90. The predicted octanol–water partition coefficient (Wildman–Crippen LogP) is 3.54. The lowest BCUT2D eigenvalue weighted by atomic mass is 10.2. The Morgan fingerprint density at radius 1 is 1.15 bits per heavy atom. The summed E-state index contributed by atoms with van der Waals surface area (Å²) in [5.74, 6) is 0.925. The van der Waals surface area contributed by atoms with Crippen LogP contribution in [0, 0.1) is 0 Å². The number of unbranched alkanes of at least 4 members (excludes halogenated alkanes) is 1. The molecular formula is C16H27BrN2O. The third-order valence-corrected chi connectivity index (χ3v) is 3.89. The monoisotopic (exact) mass is 342 g/mol. The quantitative estimate of drug-likeness (QED) is 0.658. The van der Waals surface area contributed by atoms with Gasteiger partial charge in [0, 0.05) is 17.1 Å². The maximum absolute atomic E-state index is 5.65. The Morgan fingerprint density at radius 3 is 2.50 bits per heavy atom. The van der Waals surface area contributed by atoms with Crippen LogP contribution in [-0.2, 0) is 0 Å². The summed E-state index contributed by atoms with van der Waals surface area (Å²) in [6, 6.07) is 8.59. The van der Waals surface area contributed by atoms with Gasteiger partial charge in [-0.25, -0.2) is 0 Å². The molecule has 0 saturated carbocycles. The molecule has 1 rings (SSSR count). The summed E-state index contributed by atoms with van der Waals surface area (Å²) >= 11 is 3.41. The highest BCUT2D eigenvalue weighted by molar-refractivity contribution is 9.10. The topological polar surface area (TPSA) is 24.5 Å². The molecule has 0 spiro atoms. The van der Waals surface area contributed by atoms with Crippen LogP contribution >= 0.6 is 15.9 Å². The van der Waals surface area contributed by atoms with Crippen molar-refractivity contribution >= 4 is 15.9 Å². The number of halogens is 1. The lowest BCUT2D eigenvalue weighted by Crippen LogP contribution is -2.28. The van der Waals surface area contributed by atoms with Gasteiger partial charge < -0.3 is 15.0 Å². The molecular weight excluding hydrogens is 316 g/mol. The maximum Gasteiger partial charge on any atom is 0.119 e. The Bertz CT molecular complexity index is 354. The van der Waals surface area contributed by atoms with Crippen molar-refractivity contribution < 1.29 is 4.74 Å². The molecule has 1 aromatic carbocycles. The van der Waals surface area contributed by atoms with E-state index in [1.54, 1.807) is 0 Å². The average molecular weight is 343 g/mol. The number of nitrogens with one attached hydrogen (secondary N) is 1. The first kappa shape index (κ1) is 17.5. The second kappa shape index (κ2) is 10.2. The zero-order chi connectivity index (χ0) is 14.8. The first-order valence-electron chi connectivity index (χ1n) is 7.39. The van der Waals surface area contributed by atoms with E-state index in [9.17, 15) is 0 Å². The Labute approximate surface area is 131 Å². The molecule has 1 N–H and O–H groups in total. The van der Waals surface area contributed by atoms with Crippen LogP contribution in [0.2, 0.25) is 0 Å². The van der Waals surface area contributed by atoms with Gasteiger partial charge in [0.25, 0.3) is 0 Å². The SMILES string of the molecule is CC(C)N(C)CCCCNCCOc1ccc(Br)cc1. The van der Waals surface area contributed by atoms with Gasteiger partial charge in [0.1, 0.15) is 12.4 Å². The van der Waals surface area contributed by atoms with E-state index >= 15 is 0 Å². The molecule has 0 saturated heterocycles. The molecule has 114 valence electrons. The minimum atomic E-state index is 0.641. The highest BCUT2D eigenvalue weighted by Gasteiger charge is 2.01. The number of hydrogen-bond donors (Lipinski definition) is 1. The van der Waals surface area contributed by atoms with Crippen molar-refractivity contribution in [3.63, 3.8) is 0 Å². The third-order valence-electron chi connectivity index (χ3n) is 3.36. The fourth-order valence-corrected chi connectivity index (χ4v) is 2.03. The molecule has 0 heterocycles. The number of rotatable bonds is 10. The zero-order valence-corrected chi connectivity index (χ0v) is 14.4. The van der Waals surface area contributed by atoms with Gasteiger partial charge in [0.05, 0.1) is 0 Å². The smallest absolute Gasteiger partial charge is 0.119 e. The molecule has 0 unspecified atom stereocenters. The van der Waals surface area contributed by atoms with Crippen LogP contribution < -0.4 is 10.1 Å². The summed E-state index contributed by atoms with van der Waals surface area (Å²) < 4.78 is 6.72. The van der Waals surface area contributed by atoms with Gasteiger partial charge in [-0.3, -0.25) is 0 Å². The van der Waals surface area contributed by atoms with E-state index in [-0.39, 0.29) is 0 Å². The maximum atomic E-state index is 5.65. The molecule has 0 aliphatic carbocycles. The number of benzene rings is 1. The number of ether oxygens (including phenoxy) is 1. The molecule has 20 heavy (non-hydrogen) atoms. The second-order valence-corrected chi connectivity index (χ2v) is 6.25. The minimum absolute atomic E-state index is 0.641. The molecule has 0 atom stereocenters. The molecule has 0 fully saturated rings. The van der Waals surface area contributed by atoms with E-state index in [1.165, 1.54) is 19.4 Å². The standard InChI is InChI=1S/C16H27BrN2O/c1-14(2)19(3)12-5-4-10-18-11-13-20-16-8-6-15(17)7-9-16/h6-9,14,18H,4-5,10-13H2,1-3H3. The Hall–Kier alpha value is -0.580. The van der Waals surface area contributed by atoms with Crippen molar-refractivity contribution in [1.82, 2.24) is 10.2 Å². The third kappa shape index (κ3) is 7.88. The predicted molar refractivity (Wildman–Crippen MR) is 89.5 cm³/mol. The fraction of sp³-hybridized carbons (Fsp3) is 0.625. The summed E-state index contributed by atoms with van der Waals surface area (Å²) in [5, 5.41) is 3.42. The summed E-state index contributed by atoms with van der Waals surface area (Å²) in [6.45, 7) is 8.32. The number of hydrogen-bond acceptors (Lipinski definition) is 3. The van der Waals surface area contributed by atoms with Gasteiger partial charge in [0.15, 0.2) is 0 Å². The Balaban J connectivity index is 1.94. The van der Waals surface area contributed by atoms with Crippen LogP contribution in [0.3, 0.4) is 0 Å². The lowest BCUT2D eigenvalue weighted by Gasteiger charge is -2.20. The van der Waals surface area contributed by atoms with Crippen LogP contribution in [-0.4, -0.2) is 44.2 Å². The van der Waals surface area contributed by atoms with Gasteiger partial charge in [-0.05, 0) is 71.1 Å². The van der Waals surface area contributed by atoms with Crippen LogP contribution in [0.25, 0.3) is 0 Å². The molecule has 0 bridgehead atoms. The first-order chi connectivity index (χ1) is 9.59. The summed E-state index contributed by atoms with van der Waals surface area (Å²) in [6.07, 6.45) is 2.46. The van der Waals surface area contributed by atoms with E-state index in [4.69, 9.17) is 4.74 Å². The summed E-state index contributed by atoms with van der Waals surface area (Å²) in [4.78, 5) is 2.39. The highest BCUT2D eigenvalue weighted by atomic mass is 79.9. The van der Waals surface area contributed by atoms with Crippen molar-refractivity contribution in [2.75, 3.05) is 33.3 Å². The molecule has 0 aromatic heterocycles. The van der Waals surface area contributed by atoms with Gasteiger partial charge in [-0.2, -0.15) is 0 Å². The van der Waals surface area contributed by atoms with Crippen molar-refractivity contribution in [3.05, 3.63) is 28.7 Å². The van der Waals surface area contributed by atoms with Crippen LogP contribution in [0.4, 0.5) is 0 Å². The summed E-state index contributed by atoms with van der Waals surface area (Å²) in [7, 11) is 2.18. The van der Waals surface area contributed by atoms with Gasteiger partial charge in [0.2, 0.25) is 0 Å². The highest BCUT2D eigenvalue weighted by Crippen LogP contribution is 2.15. The van der Waals surface area contributed by atoms with Crippen molar-refractivity contribution in [1.29, 1.82) is 0 Å². The average Bonchev–Trinajstić information content (AvgIpc) is 2.43. The molecule has 3 nitrogen and oxygen atoms in total. The number of nitrogens with zero attached hydrogens (tertiary/aromatic N) is 1. The van der Waals surface area contributed by atoms with Crippen LogP contribution in [0.1, 0.15) is 26.7 Å². The fourth-order valence-electron chi connectivity index (χ4n) is 1.77. The van der Waals surface area contributed by atoms with Gasteiger partial charge in [-0.15, -0.1) is 0 Å².